The molecule has 0 radical (unpaired) electrons. The van der Waals surface area contributed by atoms with Crippen molar-refractivity contribution in [2.45, 2.75) is 35.5 Å². The van der Waals surface area contributed by atoms with E-state index in [4.69, 9.17) is 20.0 Å². The first-order valence-electron chi connectivity index (χ1n) is 13.6. The second kappa shape index (κ2) is 15.0. The number of carbonyl (C=O) groups is 4. The van der Waals surface area contributed by atoms with Crippen LogP contribution in [0.1, 0.15) is 21.8 Å². The van der Waals surface area contributed by atoms with Crippen LogP contribution in [0.25, 0.3) is 0 Å². The van der Waals surface area contributed by atoms with Gasteiger partial charge in [0.05, 0.1) is 18.7 Å². The second-order valence-electron chi connectivity index (χ2n) is 9.74. The fraction of sp³-hybridized carbons (Fsp3) is 0.321. The number of nitrogens with one attached hydrogen (secondary N) is 1. The van der Waals surface area contributed by atoms with Crippen molar-refractivity contribution in [1.29, 1.82) is 0 Å². The molecule has 0 bridgehead atoms. The van der Waals surface area contributed by atoms with Crippen LogP contribution >= 0.6 is 46.2 Å². The summed E-state index contributed by atoms with van der Waals surface area (Å²) in [6.07, 6.45) is -0.853. The predicted octanol–water partition coefficient (Wildman–Crippen LogP) is 3.27. The van der Waals surface area contributed by atoms with Crippen LogP contribution < -0.4 is 11.1 Å². The van der Waals surface area contributed by atoms with Crippen molar-refractivity contribution < 1.29 is 38.6 Å². The molecule has 0 saturated carbocycles. The summed E-state index contributed by atoms with van der Waals surface area (Å²) < 4.78 is 11.2. The number of hydrogen-bond acceptors (Lipinski definition) is 15. The van der Waals surface area contributed by atoms with Gasteiger partial charge >= 0.3 is 12.1 Å². The summed E-state index contributed by atoms with van der Waals surface area (Å²) in [6, 6.07) is 8.79. The number of carboxylic acid groups (broad SMARTS) is 1. The third-order valence-corrected chi connectivity index (χ3v) is 11.1. The quantitative estimate of drug-likeness (QED) is 0.0772. The number of ether oxygens (including phenoxy) is 2. The van der Waals surface area contributed by atoms with Crippen LogP contribution in [0.15, 0.2) is 56.7 Å². The van der Waals surface area contributed by atoms with Crippen molar-refractivity contribution in [1.82, 2.24) is 20.2 Å². The van der Waals surface area contributed by atoms with Gasteiger partial charge in [-0.3, -0.25) is 19.3 Å². The summed E-state index contributed by atoms with van der Waals surface area (Å²) in [5, 5.41) is 17.0. The number of fused-ring (bicyclic) bond motifs is 1. The van der Waals surface area contributed by atoms with Gasteiger partial charge in [-0.05, 0) is 12.5 Å². The summed E-state index contributed by atoms with van der Waals surface area (Å²) in [5.74, 6) is -1.06. The van der Waals surface area contributed by atoms with Gasteiger partial charge in [-0.1, -0.05) is 47.2 Å². The fourth-order valence-corrected chi connectivity index (χ4v) is 8.71. The molecule has 2 aliphatic rings. The molecule has 3 aromatic rings. The minimum atomic E-state index is -1.57. The molecule has 18 heteroatoms. The summed E-state index contributed by atoms with van der Waals surface area (Å²) in [4.78, 5) is 65.6. The van der Waals surface area contributed by atoms with E-state index in [1.807, 2.05) is 37.3 Å². The van der Waals surface area contributed by atoms with E-state index < -0.39 is 29.4 Å². The number of thiazole rings is 2. The maximum absolute atomic E-state index is 13.2. The number of esters is 1. The Morgan fingerprint density at radius 2 is 2.02 bits per heavy atom. The molecule has 2 aliphatic heterocycles. The van der Waals surface area contributed by atoms with Gasteiger partial charge in [-0.25, -0.2) is 14.8 Å². The number of aromatic nitrogens is 2. The monoisotopic (exact) mass is 704 g/mol. The van der Waals surface area contributed by atoms with Gasteiger partial charge in [0.15, 0.2) is 15.2 Å². The van der Waals surface area contributed by atoms with Gasteiger partial charge in [0.25, 0.3) is 11.8 Å². The molecule has 0 aliphatic carbocycles. The van der Waals surface area contributed by atoms with Crippen molar-refractivity contribution in [3.05, 3.63) is 69.0 Å². The van der Waals surface area contributed by atoms with Crippen LogP contribution in [0.3, 0.4) is 0 Å². The number of benzene rings is 1. The van der Waals surface area contributed by atoms with Crippen molar-refractivity contribution in [2.75, 3.05) is 31.0 Å². The lowest BCUT2D eigenvalue weighted by Crippen LogP contribution is -2.70. The molecule has 2 amide bonds. The van der Waals surface area contributed by atoms with Crippen molar-refractivity contribution in [3.8, 4) is 0 Å². The third-order valence-electron chi connectivity index (χ3n) is 6.67. The van der Waals surface area contributed by atoms with Crippen molar-refractivity contribution >= 4 is 81.0 Å². The molecule has 1 fully saturated rings. The zero-order valence-corrected chi connectivity index (χ0v) is 27.7. The molecule has 4 N–H and O–H groups in total. The first-order chi connectivity index (χ1) is 22.1. The van der Waals surface area contributed by atoms with Crippen LogP contribution in [-0.4, -0.2) is 86.3 Å². The minimum Gasteiger partial charge on any atom is -0.465 e. The predicted molar refractivity (Wildman–Crippen MR) is 174 cm³/mol. The summed E-state index contributed by atoms with van der Waals surface area (Å²) >= 11 is 5.16. The standard InChI is InChI=1S/C28H28N6O8S4/c1-14-18(10-19(35)41-9-8-15-6-4-3-5-7-15)46-27(30-14)45-12-16-11-43-25-21(23(37)34(25)24(16)42-28(38)39)32-22(36)20(33-40-2)17-13-44-26(29)31-17/h3-7,13,21,25H,8-12H2,1-2H3,(H2,29,31)(H,32,36)(H,38,39)/t21-,25+/m1/s1. The fourth-order valence-electron chi connectivity index (χ4n) is 4.50. The van der Waals surface area contributed by atoms with Crippen molar-refractivity contribution in [2.24, 2.45) is 5.16 Å². The molecule has 2 aromatic heterocycles. The lowest BCUT2D eigenvalue weighted by atomic mass is 10.1. The number of anilines is 1. The number of β-lactam (4-membered cyclic amide) rings is 1. The summed E-state index contributed by atoms with van der Waals surface area (Å²) in [7, 11) is 1.27. The zero-order chi connectivity index (χ0) is 32.8. The number of oxime groups is 1. The van der Waals surface area contributed by atoms with Crippen LogP contribution in [0.5, 0.6) is 0 Å². The van der Waals surface area contributed by atoms with Gasteiger partial charge in [0.1, 0.15) is 24.2 Å². The Morgan fingerprint density at radius 3 is 2.72 bits per heavy atom. The number of rotatable bonds is 13. The molecular weight excluding hydrogens is 677 g/mol. The molecule has 46 heavy (non-hydrogen) atoms. The molecule has 4 heterocycles. The number of nitrogens with zero attached hydrogens (tertiary/aromatic N) is 4. The van der Waals surface area contributed by atoms with Crippen LogP contribution in [-0.2, 0) is 41.5 Å². The molecule has 242 valence electrons. The summed E-state index contributed by atoms with van der Waals surface area (Å²) in [5.41, 5.74) is 8.07. The van der Waals surface area contributed by atoms with E-state index in [2.05, 4.69) is 20.4 Å². The summed E-state index contributed by atoms with van der Waals surface area (Å²) in [6.45, 7) is 2.09. The van der Waals surface area contributed by atoms with Crippen LogP contribution in [0.2, 0.25) is 0 Å². The Hall–Kier alpha value is -4.13. The average molecular weight is 705 g/mol. The zero-order valence-electron chi connectivity index (χ0n) is 24.5. The topological polar surface area (TPSA) is 196 Å². The highest BCUT2D eigenvalue weighted by molar-refractivity contribution is 8.01. The van der Waals surface area contributed by atoms with Gasteiger partial charge in [-0.15, -0.1) is 34.4 Å². The SMILES string of the molecule is CON=C(C(=O)N[C@@H]1C(=O)N2C(OC(=O)O)=C(CSc3nc(C)c(CC(=O)OCCc4ccccc4)s3)CS[C@@H]12)c1csc(N)n1. The molecular formula is C28H28N6O8S4. The largest absolute Gasteiger partial charge is 0.512 e. The Labute approximate surface area is 279 Å². The first kappa shape index (κ1) is 33.2. The Morgan fingerprint density at radius 1 is 1.24 bits per heavy atom. The second-order valence-corrected chi connectivity index (χ2v) is 14.0. The molecule has 1 aromatic carbocycles. The molecule has 0 spiro atoms. The average Bonchev–Trinajstić information content (AvgIpc) is 3.61. The number of thioether (sulfide) groups is 2. The highest BCUT2D eigenvalue weighted by Gasteiger charge is 2.54. The molecule has 0 unspecified atom stereocenters. The highest BCUT2D eigenvalue weighted by atomic mass is 32.2. The number of aryl methyl sites for hydroxylation is 1. The Bertz CT molecular complexity index is 1690. The van der Waals surface area contributed by atoms with Gasteiger partial charge in [0, 0.05) is 33.8 Å². The lowest BCUT2D eigenvalue weighted by molar-refractivity contribution is -0.148. The smallest absolute Gasteiger partial charge is 0.465 e. The van der Waals surface area contributed by atoms with Crippen molar-refractivity contribution in [3.63, 3.8) is 0 Å². The van der Waals surface area contributed by atoms with E-state index >= 15 is 0 Å². The molecule has 2 atom stereocenters. The van der Waals surface area contributed by atoms with E-state index in [0.717, 1.165) is 21.8 Å². The number of amides is 2. The molecule has 1 saturated heterocycles. The number of hydrogen-bond donors (Lipinski definition) is 3. The molecule has 5 rings (SSSR count). The normalized spacial score (nSPS) is 17.7. The van der Waals surface area contributed by atoms with Crippen LogP contribution in [0.4, 0.5) is 9.93 Å². The Balaban J connectivity index is 1.20. The maximum atomic E-state index is 13.2. The number of carbonyl (C=O) groups excluding carboxylic acids is 3. The highest BCUT2D eigenvalue weighted by Crippen LogP contribution is 2.42. The van der Waals surface area contributed by atoms with E-state index in [0.29, 0.717) is 27.8 Å². The number of nitrogen functional groups attached to an aromatic ring is 1. The van der Waals surface area contributed by atoms with E-state index in [9.17, 15) is 24.3 Å². The first-order valence-corrected chi connectivity index (χ1v) is 17.4. The van der Waals surface area contributed by atoms with Gasteiger partial charge < -0.3 is 30.5 Å². The van der Waals surface area contributed by atoms with Gasteiger partial charge in [-0.2, -0.15) is 0 Å². The van der Waals surface area contributed by atoms with Crippen LogP contribution in [0, 0.1) is 6.92 Å². The Kier molecular flexibility index (Phi) is 10.8. The van der Waals surface area contributed by atoms with E-state index in [1.54, 1.807) is 0 Å². The van der Waals surface area contributed by atoms with E-state index in [-0.39, 0.29) is 47.2 Å². The molecule has 14 nitrogen and oxygen atoms in total. The third kappa shape index (κ3) is 7.80. The minimum absolute atomic E-state index is 0.0900. The van der Waals surface area contributed by atoms with Gasteiger partial charge in [0.2, 0.25) is 5.88 Å². The van der Waals surface area contributed by atoms with E-state index in [1.165, 1.54) is 52.3 Å². The number of nitrogens with two attached hydrogens (primary N) is 1. The maximum Gasteiger partial charge on any atom is 0.512 e. The lowest BCUT2D eigenvalue weighted by Gasteiger charge is -2.49.